The highest BCUT2D eigenvalue weighted by Crippen LogP contribution is 2.37. The third-order valence-electron chi connectivity index (χ3n) is 4.44. The number of aryl methyl sites for hydroxylation is 1. The summed E-state index contributed by atoms with van der Waals surface area (Å²) < 4.78 is 0. The molecule has 0 unspecified atom stereocenters. The van der Waals surface area contributed by atoms with E-state index in [0.717, 1.165) is 5.92 Å². The van der Waals surface area contributed by atoms with Crippen molar-refractivity contribution in [3.05, 3.63) is 71.3 Å². The maximum absolute atomic E-state index is 3.76. The third kappa shape index (κ3) is 2.94. The van der Waals surface area contributed by atoms with E-state index in [4.69, 9.17) is 0 Å². The largest absolute Gasteiger partial charge is 0.307 e. The molecule has 1 nitrogen and oxygen atoms in total. The van der Waals surface area contributed by atoms with Gasteiger partial charge >= 0.3 is 0 Å². The molecule has 2 aromatic carbocycles. The Bertz CT molecular complexity index is 555. The molecule has 3 rings (SSSR count). The monoisotopic (exact) mass is 265 g/mol. The molecule has 1 heteroatoms. The molecule has 0 spiro atoms. The van der Waals surface area contributed by atoms with E-state index >= 15 is 0 Å². The lowest BCUT2D eigenvalue weighted by molar-refractivity contribution is 0.271. The Morgan fingerprint density at radius 1 is 1.00 bits per heavy atom. The van der Waals surface area contributed by atoms with Crippen molar-refractivity contribution in [2.75, 3.05) is 0 Å². The number of hydrogen-bond donors (Lipinski definition) is 1. The van der Waals surface area contributed by atoms with Crippen molar-refractivity contribution in [2.45, 2.75) is 44.7 Å². The topological polar surface area (TPSA) is 12.0 Å². The van der Waals surface area contributed by atoms with Crippen LogP contribution in [0.15, 0.2) is 54.6 Å². The SMILES string of the molecule is Cc1cccc([C@@H](C)NC2CC(c3ccccc3)C2)c1. The van der Waals surface area contributed by atoms with Gasteiger partial charge in [-0.05, 0) is 43.7 Å². The Labute approximate surface area is 122 Å². The van der Waals surface area contributed by atoms with Gasteiger partial charge < -0.3 is 5.32 Å². The lowest BCUT2D eigenvalue weighted by Gasteiger charge is -2.38. The molecule has 0 heterocycles. The van der Waals surface area contributed by atoms with Gasteiger partial charge in [0.25, 0.3) is 0 Å². The van der Waals surface area contributed by atoms with Crippen molar-refractivity contribution in [2.24, 2.45) is 0 Å². The number of nitrogens with one attached hydrogen (secondary N) is 1. The summed E-state index contributed by atoms with van der Waals surface area (Å²) in [5.74, 6) is 0.749. The quantitative estimate of drug-likeness (QED) is 0.852. The first-order chi connectivity index (χ1) is 9.72. The Balaban J connectivity index is 1.54. The summed E-state index contributed by atoms with van der Waals surface area (Å²) in [5, 5.41) is 3.76. The molecule has 1 aliphatic rings. The summed E-state index contributed by atoms with van der Waals surface area (Å²) in [6.45, 7) is 4.43. The van der Waals surface area contributed by atoms with Crippen LogP contribution in [0.2, 0.25) is 0 Å². The second-order valence-corrected chi connectivity index (χ2v) is 6.08. The minimum atomic E-state index is 0.441. The average Bonchev–Trinajstić information content (AvgIpc) is 2.43. The van der Waals surface area contributed by atoms with Crippen molar-refractivity contribution in [1.29, 1.82) is 0 Å². The zero-order valence-electron chi connectivity index (χ0n) is 12.3. The van der Waals surface area contributed by atoms with Crippen LogP contribution in [-0.2, 0) is 0 Å². The maximum Gasteiger partial charge on any atom is 0.0294 e. The highest BCUT2D eigenvalue weighted by molar-refractivity contribution is 5.26. The lowest BCUT2D eigenvalue weighted by atomic mass is 9.75. The van der Waals surface area contributed by atoms with Gasteiger partial charge in [-0.15, -0.1) is 0 Å². The normalized spacial score (nSPS) is 23.1. The number of benzene rings is 2. The second-order valence-electron chi connectivity index (χ2n) is 6.08. The summed E-state index contributed by atoms with van der Waals surface area (Å²) in [4.78, 5) is 0. The number of hydrogen-bond acceptors (Lipinski definition) is 1. The van der Waals surface area contributed by atoms with Gasteiger partial charge in [0.1, 0.15) is 0 Å². The molecule has 0 amide bonds. The predicted molar refractivity (Wildman–Crippen MR) is 84.9 cm³/mol. The third-order valence-corrected chi connectivity index (χ3v) is 4.44. The molecule has 1 N–H and O–H groups in total. The van der Waals surface area contributed by atoms with E-state index in [1.807, 2.05) is 0 Å². The van der Waals surface area contributed by atoms with Crippen LogP contribution < -0.4 is 5.32 Å². The molecule has 1 fully saturated rings. The Kier molecular flexibility index (Phi) is 3.88. The van der Waals surface area contributed by atoms with Crippen LogP contribution >= 0.6 is 0 Å². The van der Waals surface area contributed by atoms with Crippen molar-refractivity contribution in [3.8, 4) is 0 Å². The Morgan fingerprint density at radius 2 is 1.75 bits per heavy atom. The van der Waals surface area contributed by atoms with Crippen LogP contribution in [0.4, 0.5) is 0 Å². The summed E-state index contributed by atoms with van der Waals surface area (Å²) in [6.07, 6.45) is 2.53. The molecule has 20 heavy (non-hydrogen) atoms. The first kappa shape index (κ1) is 13.4. The maximum atomic E-state index is 3.76. The van der Waals surface area contributed by atoms with Crippen LogP contribution in [0.25, 0.3) is 0 Å². The fraction of sp³-hybridized carbons (Fsp3) is 0.368. The van der Waals surface area contributed by atoms with Gasteiger partial charge in [-0.1, -0.05) is 60.2 Å². The smallest absolute Gasteiger partial charge is 0.0294 e. The highest BCUT2D eigenvalue weighted by Gasteiger charge is 2.30. The molecule has 1 saturated carbocycles. The van der Waals surface area contributed by atoms with E-state index in [1.165, 1.54) is 29.5 Å². The molecular formula is C19H23N. The van der Waals surface area contributed by atoms with Crippen LogP contribution in [0.3, 0.4) is 0 Å². The Morgan fingerprint density at radius 3 is 2.45 bits per heavy atom. The van der Waals surface area contributed by atoms with Crippen molar-refractivity contribution >= 4 is 0 Å². The van der Waals surface area contributed by atoms with Gasteiger partial charge in [-0.2, -0.15) is 0 Å². The number of rotatable bonds is 4. The van der Waals surface area contributed by atoms with E-state index in [0.29, 0.717) is 12.1 Å². The standard InChI is InChI=1S/C19H23N/c1-14-7-6-10-17(11-14)15(2)20-19-12-18(13-19)16-8-4-3-5-9-16/h3-11,15,18-20H,12-13H2,1-2H3/t15-,18?,19?/m1/s1. The van der Waals surface area contributed by atoms with Crippen molar-refractivity contribution in [1.82, 2.24) is 5.32 Å². The van der Waals surface area contributed by atoms with Gasteiger partial charge in [-0.3, -0.25) is 0 Å². The molecular weight excluding hydrogens is 242 g/mol. The fourth-order valence-corrected chi connectivity index (χ4v) is 3.14. The Hall–Kier alpha value is -1.60. The van der Waals surface area contributed by atoms with E-state index in [1.54, 1.807) is 0 Å². The molecule has 2 aromatic rings. The molecule has 0 aromatic heterocycles. The first-order valence-corrected chi connectivity index (χ1v) is 7.60. The minimum Gasteiger partial charge on any atom is -0.307 e. The zero-order chi connectivity index (χ0) is 13.9. The van der Waals surface area contributed by atoms with Gasteiger partial charge in [0.2, 0.25) is 0 Å². The van der Waals surface area contributed by atoms with E-state index < -0.39 is 0 Å². The summed E-state index contributed by atoms with van der Waals surface area (Å²) >= 11 is 0. The predicted octanol–water partition coefficient (Wildman–Crippen LogP) is 4.59. The van der Waals surface area contributed by atoms with E-state index in [2.05, 4.69) is 73.8 Å². The van der Waals surface area contributed by atoms with Gasteiger partial charge in [0.05, 0.1) is 0 Å². The molecule has 0 bridgehead atoms. The highest BCUT2D eigenvalue weighted by atomic mass is 15.0. The van der Waals surface area contributed by atoms with Crippen LogP contribution in [0, 0.1) is 6.92 Å². The van der Waals surface area contributed by atoms with E-state index in [9.17, 15) is 0 Å². The second kappa shape index (κ2) is 5.80. The first-order valence-electron chi connectivity index (χ1n) is 7.60. The molecule has 0 radical (unpaired) electrons. The summed E-state index contributed by atoms with van der Waals surface area (Å²) in [6, 6.07) is 20.8. The molecule has 1 aliphatic carbocycles. The fourth-order valence-electron chi connectivity index (χ4n) is 3.14. The van der Waals surface area contributed by atoms with E-state index in [-0.39, 0.29) is 0 Å². The van der Waals surface area contributed by atoms with Gasteiger partial charge in [0.15, 0.2) is 0 Å². The van der Waals surface area contributed by atoms with Crippen molar-refractivity contribution in [3.63, 3.8) is 0 Å². The zero-order valence-corrected chi connectivity index (χ0v) is 12.3. The van der Waals surface area contributed by atoms with Gasteiger partial charge in [0, 0.05) is 12.1 Å². The summed E-state index contributed by atoms with van der Waals surface area (Å²) in [7, 11) is 0. The average molecular weight is 265 g/mol. The van der Waals surface area contributed by atoms with Crippen LogP contribution in [0.5, 0.6) is 0 Å². The lowest BCUT2D eigenvalue weighted by Crippen LogP contribution is -2.41. The van der Waals surface area contributed by atoms with Crippen molar-refractivity contribution < 1.29 is 0 Å². The molecule has 1 atom stereocenters. The van der Waals surface area contributed by atoms with Crippen LogP contribution in [0.1, 0.15) is 48.4 Å². The van der Waals surface area contributed by atoms with Crippen LogP contribution in [-0.4, -0.2) is 6.04 Å². The molecule has 104 valence electrons. The molecule has 0 aliphatic heterocycles. The van der Waals surface area contributed by atoms with Gasteiger partial charge in [-0.25, -0.2) is 0 Å². The summed E-state index contributed by atoms with van der Waals surface area (Å²) in [5.41, 5.74) is 4.23. The minimum absolute atomic E-state index is 0.441. The molecule has 0 saturated heterocycles.